The van der Waals surface area contributed by atoms with Crippen molar-refractivity contribution in [1.29, 1.82) is 0 Å². The Morgan fingerprint density at radius 3 is 1.61 bits per heavy atom. The minimum atomic E-state index is -1.82. The molecule has 0 bridgehead atoms. The zero-order valence-electron chi connectivity index (χ0n) is 39.0. The molecular formula is C41H71N13O13. The maximum atomic E-state index is 14.0. The molecule has 0 aliphatic heterocycles. The number of guanidine groups is 1. The molecule has 0 aromatic carbocycles. The van der Waals surface area contributed by atoms with E-state index in [1.807, 2.05) is 0 Å². The van der Waals surface area contributed by atoms with Gasteiger partial charge in [0, 0.05) is 24.9 Å². The van der Waals surface area contributed by atoms with E-state index in [1.54, 1.807) is 41.5 Å². The minimum Gasteiger partial charge on any atom is -0.481 e. The van der Waals surface area contributed by atoms with Crippen molar-refractivity contribution >= 4 is 59.2 Å². The van der Waals surface area contributed by atoms with Gasteiger partial charge in [-0.25, -0.2) is 9.78 Å². The van der Waals surface area contributed by atoms with Gasteiger partial charge in [0.25, 0.3) is 0 Å². The van der Waals surface area contributed by atoms with E-state index in [0.717, 1.165) is 0 Å². The second kappa shape index (κ2) is 29.3. The number of H-pyrrole nitrogens is 1. The number of nitrogens with two attached hydrogens (primary N) is 3. The van der Waals surface area contributed by atoms with E-state index in [4.69, 9.17) is 17.2 Å². The van der Waals surface area contributed by atoms with Crippen LogP contribution >= 0.6 is 0 Å². The maximum Gasteiger partial charge on any atom is 0.326 e. The molecule has 0 aliphatic rings. The lowest BCUT2D eigenvalue weighted by Crippen LogP contribution is -2.62. The SMILES string of the molecule is CC[C@H](C)[C@H](NC(=O)[C@H](CC(C)C)NC(=O)[C@H](CC(=O)O)NC(=O)[C@@H](NC(=O)[C@H](Cc1cnc[nH]1)NC(=O)[C@@H](NC(=O)[C@@H](N)CO)[C@@H](C)O)[C@@H](C)CC)C(=O)N[C@@H](CCCN=C(N)N)C(=O)O. The van der Waals surface area contributed by atoms with Crippen LogP contribution in [-0.4, -0.2) is 157 Å². The van der Waals surface area contributed by atoms with Gasteiger partial charge in [0.1, 0.15) is 48.3 Å². The predicted molar refractivity (Wildman–Crippen MR) is 241 cm³/mol. The molecule has 0 fully saturated rings. The van der Waals surface area contributed by atoms with Crippen molar-refractivity contribution in [3.8, 4) is 0 Å². The third-order valence-electron chi connectivity index (χ3n) is 10.7. The van der Waals surface area contributed by atoms with Crippen molar-refractivity contribution in [3.05, 3.63) is 18.2 Å². The summed E-state index contributed by atoms with van der Waals surface area (Å²) in [5.41, 5.74) is 16.5. The number of carbonyl (C=O) groups is 9. The topological polar surface area (TPSA) is 438 Å². The highest BCUT2D eigenvalue weighted by molar-refractivity contribution is 5.98. The lowest BCUT2D eigenvalue weighted by Gasteiger charge is -2.30. The van der Waals surface area contributed by atoms with Crippen LogP contribution in [0.2, 0.25) is 0 Å². The number of rotatable bonds is 31. The lowest BCUT2D eigenvalue weighted by atomic mass is 9.96. The Morgan fingerprint density at radius 2 is 1.16 bits per heavy atom. The number of nitrogens with one attached hydrogen (secondary N) is 8. The molecule has 378 valence electrons. The van der Waals surface area contributed by atoms with E-state index >= 15 is 0 Å². The first kappa shape index (κ1) is 58.6. The number of hydrogen-bond acceptors (Lipinski definition) is 14. The normalized spacial score (nSPS) is 16.1. The van der Waals surface area contributed by atoms with Gasteiger partial charge >= 0.3 is 11.9 Å². The Morgan fingerprint density at radius 1 is 0.687 bits per heavy atom. The van der Waals surface area contributed by atoms with Crippen molar-refractivity contribution in [3.63, 3.8) is 0 Å². The number of aliphatic hydroxyl groups is 2. The number of aliphatic carboxylic acids is 2. The van der Waals surface area contributed by atoms with Crippen molar-refractivity contribution in [2.24, 2.45) is 39.9 Å². The zero-order chi connectivity index (χ0) is 51.1. The van der Waals surface area contributed by atoms with Crippen LogP contribution in [0, 0.1) is 17.8 Å². The first-order chi connectivity index (χ1) is 31.4. The number of aliphatic imine (C=N–C) groups is 1. The molecule has 26 nitrogen and oxygen atoms in total. The number of aliphatic hydroxyl groups excluding tert-OH is 2. The van der Waals surface area contributed by atoms with Crippen molar-refractivity contribution < 1.29 is 63.6 Å². The van der Waals surface area contributed by atoms with Crippen LogP contribution in [0.1, 0.15) is 92.7 Å². The lowest BCUT2D eigenvalue weighted by molar-refractivity contribution is -0.143. The Hall–Kier alpha value is -6.41. The molecule has 0 unspecified atom stereocenters. The Bertz CT molecular complexity index is 1840. The number of aromatic amines is 1. The van der Waals surface area contributed by atoms with Gasteiger partial charge in [0.15, 0.2) is 5.96 Å². The van der Waals surface area contributed by atoms with Crippen molar-refractivity contribution in [2.75, 3.05) is 13.2 Å². The molecule has 67 heavy (non-hydrogen) atoms. The number of nitrogens with zero attached hydrogens (tertiary/aromatic N) is 2. The molecular weight excluding hydrogens is 883 g/mol. The fraction of sp³-hybridized carbons (Fsp3) is 0.683. The van der Waals surface area contributed by atoms with E-state index in [-0.39, 0.29) is 50.5 Å². The first-order valence-corrected chi connectivity index (χ1v) is 22.0. The molecule has 0 spiro atoms. The molecule has 26 heteroatoms. The van der Waals surface area contributed by atoms with Crippen LogP contribution < -0.4 is 54.4 Å². The highest BCUT2D eigenvalue weighted by Crippen LogP contribution is 2.14. The summed E-state index contributed by atoms with van der Waals surface area (Å²) in [6.07, 6.45) is 0.701. The number of carbonyl (C=O) groups excluding carboxylic acids is 7. The molecule has 1 aromatic heterocycles. The fourth-order valence-corrected chi connectivity index (χ4v) is 6.39. The summed E-state index contributed by atoms with van der Waals surface area (Å²) in [6, 6.07) is -11.9. The van der Waals surface area contributed by atoms with Crippen LogP contribution in [0.5, 0.6) is 0 Å². The molecule has 0 aliphatic carbocycles. The third kappa shape index (κ3) is 20.8. The number of hydrogen-bond donors (Lipinski definition) is 15. The fourth-order valence-electron chi connectivity index (χ4n) is 6.39. The second-order valence-electron chi connectivity index (χ2n) is 16.8. The monoisotopic (exact) mass is 954 g/mol. The quantitative estimate of drug-likeness (QED) is 0.0191. The molecule has 0 radical (unpaired) electrons. The minimum absolute atomic E-state index is 0.0223. The van der Waals surface area contributed by atoms with Crippen molar-refractivity contribution in [2.45, 2.75) is 148 Å². The van der Waals surface area contributed by atoms with Gasteiger partial charge in [-0.1, -0.05) is 54.4 Å². The largest absolute Gasteiger partial charge is 0.481 e. The maximum absolute atomic E-state index is 14.0. The predicted octanol–water partition coefficient (Wildman–Crippen LogP) is -4.20. The van der Waals surface area contributed by atoms with E-state index in [1.165, 1.54) is 19.4 Å². The summed E-state index contributed by atoms with van der Waals surface area (Å²) in [7, 11) is 0. The van der Waals surface area contributed by atoms with Crippen LogP contribution in [-0.2, 0) is 49.6 Å². The van der Waals surface area contributed by atoms with E-state index < -0.39 is 133 Å². The van der Waals surface area contributed by atoms with E-state index in [9.17, 15) is 63.6 Å². The number of amides is 7. The number of imidazole rings is 1. The average molecular weight is 954 g/mol. The highest BCUT2D eigenvalue weighted by atomic mass is 16.4. The van der Waals surface area contributed by atoms with Crippen LogP contribution in [0.15, 0.2) is 17.5 Å². The summed E-state index contributed by atoms with van der Waals surface area (Å²) in [6.45, 7) is 10.7. The molecule has 0 saturated heterocycles. The standard InChI is InChI=1S/C41H71N13O13/c1-8-20(5)30(37(63)48-25(40(66)67)11-10-12-46-41(43)44)52-35(61)26(13-19(3)4)49-34(60)28(15-29(57)58)51-38(64)31(21(6)9-2)53-36(62)27(14-23-16-45-18-47-23)50-39(65)32(22(7)56)54-33(59)24(42)17-55/h16,18-22,24-28,30-32,55-56H,8-15,17,42H2,1-7H3,(H,45,47)(H,48,63)(H,49,60)(H,50,65)(H,51,64)(H,52,61)(H,53,62)(H,54,59)(H,57,58)(H,66,67)(H4,43,44,46)/t20-,21-,22+,24-,25-,26-,27-,28-,30-,31-,32-/m0/s1. The zero-order valence-corrected chi connectivity index (χ0v) is 39.0. The van der Waals surface area contributed by atoms with Gasteiger partial charge in [-0.3, -0.25) is 43.3 Å². The van der Waals surface area contributed by atoms with Gasteiger partial charge in [-0.2, -0.15) is 0 Å². The molecule has 0 saturated carbocycles. The summed E-state index contributed by atoms with van der Waals surface area (Å²) in [5.74, 6) is -11.2. The number of carboxylic acids is 2. The Labute approximate surface area is 388 Å². The molecule has 7 amide bonds. The van der Waals surface area contributed by atoms with Crippen LogP contribution in [0.3, 0.4) is 0 Å². The van der Waals surface area contributed by atoms with Gasteiger partial charge in [-0.05, 0) is 43.9 Å². The third-order valence-corrected chi connectivity index (χ3v) is 10.7. The molecule has 18 N–H and O–H groups in total. The average Bonchev–Trinajstić information content (AvgIpc) is 3.78. The molecule has 1 aromatic rings. The van der Waals surface area contributed by atoms with Crippen molar-refractivity contribution in [1.82, 2.24) is 47.2 Å². The highest BCUT2D eigenvalue weighted by Gasteiger charge is 2.37. The van der Waals surface area contributed by atoms with E-state index in [2.05, 4.69) is 52.2 Å². The summed E-state index contributed by atoms with van der Waals surface area (Å²) in [5, 5.41) is 56.3. The number of carboxylic acid groups (broad SMARTS) is 2. The molecule has 1 rings (SSSR count). The van der Waals surface area contributed by atoms with Gasteiger partial charge in [0.2, 0.25) is 41.4 Å². The smallest absolute Gasteiger partial charge is 0.326 e. The number of aromatic nitrogens is 2. The summed E-state index contributed by atoms with van der Waals surface area (Å²) < 4.78 is 0. The molecule has 1 heterocycles. The van der Waals surface area contributed by atoms with E-state index in [0.29, 0.717) is 12.1 Å². The summed E-state index contributed by atoms with van der Waals surface area (Å²) in [4.78, 5) is 130. The Kier molecular flexibility index (Phi) is 25.6. The summed E-state index contributed by atoms with van der Waals surface area (Å²) >= 11 is 0. The van der Waals surface area contributed by atoms with Gasteiger partial charge < -0.3 is 79.8 Å². The van der Waals surface area contributed by atoms with Gasteiger partial charge in [0.05, 0.1) is 25.5 Å². The first-order valence-electron chi connectivity index (χ1n) is 22.0. The van der Waals surface area contributed by atoms with Crippen LogP contribution in [0.4, 0.5) is 0 Å². The second-order valence-corrected chi connectivity index (χ2v) is 16.8. The Balaban J connectivity index is 3.44. The van der Waals surface area contributed by atoms with Gasteiger partial charge in [-0.15, -0.1) is 0 Å². The molecule has 11 atom stereocenters. The van der Waals surface area contributed by atoms with Crippen LogP contribution in [0.25, 0.3) is 0 Å².